The predicted molar refractivity (Wildman–Crippen MR) is 103 cm³/mol. The molecular weight excluding hydrogens is 450 g/mol. The predicted octanol–water partition coefficient (Wildman–Crippen LogP) is -1.63. The summed E-state index contributed by atoms with van der Waals surface area (Å²) in [5.41, 5.74) is 3.97. The van der Waals surface area contributed by atoms with Crippen molar-refractivity contribution in [3.63, 3.8) is 0 Å². The van der Waals surface area contributed by atoms with Crippen LogP contribution in [0.2, 0.25) is 0 Å². The molecule has 0 unspecified atom stereocenters. The largest absolute Gasteiger partial charge is 0.368 e. The Morgan fingerprint density at radius 1 is 1.34 bits per heavy atom. The van der Waals surface area contributed by atoms with Gasteiger partial charge in [-0.05, 0) is 28.8 Å². The van der Waals surface area contributed by atoms with Crippen LogP contribution in [0.5, 0.6) is 0 Å². The molecule has 0 spiro atoms. The van der Waals surface area contributed by atoms with Crippen molar-refractivity contribution in [1.29, 1.82) is 0 Å². The van der Waals surface area contributed by atoms with Gasteiger partial charge in [0.25, 0.3) is 11.5 Å². The topological polar surface area (TPSA) is 187 Å². The molecular formula is C16H18BrN7O5. The van der Waals surface area contributed by atoms with Crippen molar-refractivity contribution in [2.45, 2.75) is 31.3 Å². The summed E-state index contributed by atoms with van der Waals surface area (Å²) in [6, 6.07) is -1.84. The maximum atomic E-state index is 13.1. The number of rotatable bonds is 6. The first-order valence-corrected chi connectivity index (χ1v) is 9.47. The van der Waals surface area contributed by atoms with Gasteiger partial charge in [0.1, 0.15) is 22.3 Å². The average molecular weight is 468 g/mol. The molecule has 2 aromatic rings. The van der Waals surface area contributed by atoms with Crippen LogP contribution in [0.15, 0.2) is 26.6 Å². The zero-order valence-electron chi connectivity index (χ0n) is 15.0. The van der Waals surface area contributed by atoms with Gasteiger partial charge in [0.15, 0.2) is 0 Å². The number of carbonyl (C=O) groups is 3. The summed E-state index contributed by atoms with van der Waals surface area (Å²) in [6.07, 6.45) is 4.02. The minimum absolute atomic E-state index is 0.0532. The van der Waals surface area contributed by atoms with Crippen molar-refractivity contribution < 1.29 is 14.4 Å². The summed E-state index contributed by atoms with van der Waals surface area (Å²) in [5.74, 6) is -1.96. The highest BCUT2D eigenvalue weighted by Gasteiger charge is 2.37. The van der Waals surface area contributed by atoms with Crippen molar-refractivity contribution in [2.75, 3.05) is 6.54 Å². The first kappa shape index (κ1) is 20.5. The van der Waals surface area contributed by atoms with Gasteiger partial charge in [-0.1, -0.05) is 0 Å². The van der Waals surface area contributed by atoms with Crippen LogP contribution in [0.4, 0.5) is 0 Å². The summed E-state index contributed by atoms with van der Waals surface area (Å²) in [6.45, 7) is 0.327. The second-order valence-corrected chi connectivity index (χ2v) is 7.29. The van der Waals surface area contributed by atoms with E-state index in [-0.39, 0.29) is 16.6 Å². The molecule has 0 radical (unpaired) electrons. The SMILES string of the molecule is NC(=O)[C@H]1CCCN1C(=O)[C@H](Cc1cnc[nH]1)NC(=O)c1[nH]c(=O)[nH]c(=O)c1Br. The molecule has 3 heterocycles. The second-order valence-electron chi connectivity index (χ2n) is 6.50. The van der Waals surface area contributed by atoms with E-state index in [1.807, 2.05) is 4.98 Å². The molecule has 0 saturated carbocycles. The van der Waals surface area contributed by atoms with Gasteiger partial charge >= 0.3 is 5.69 Å². The number of aromatic amines is 3. The maximum Gasteiger partial charge on any atom is 0.326 e. The highest BCUT2D eigenvalue weighted by atomic mass is 79.9. The fraction of sp³-hybridized carbons (Fsp3) is 0.375. The van der Waals surface area contributed by atoms with Gasteiger partial charge in [0.05, 0.1) is 6.33 Å². The van der Waals surface area contributed by atoms with Crippen LogP contribution in [-0.4, -0.2) is 61.2 Å². The second kappa shape index (κ2) is 8.43. The Balaban J connectivity index is 1.89. The van der Waals surface area contributed by atoms with Crippen molar-refractivity contribution in [3.8, 4) is 0 Å². The maximum absolute atomic E-state index is 13.1. The Bertz CT molecular complexity index is 1040. The summed E-state index contributed by atoms with van der Waals surface area (Å²) in [5, 5.41) is 2.52. The Hall–Kier alpha value is -3.22. The zero-order chi connectivity index (χ0) is 21.1. The minimum atomic E-state index is -1.09. The fourth-order valence-electron chi connectivity index (χ4n) is 3.20. The lowest BCUT2D eigenvalue weighted by molar-refractivity contribution is -0.138. The number of imidazole rings is 1. The molecule has 154 valence electrons. The number of halogens is 1. The molecule has 13 heteroatoms. The lowest BCUT2D eigenvalue weighted by Crippen LogP contribution is -2.54. The molecule has 1 fully saturated rings. The first-order valence-electron chi connectivity index (χ1n) is 8.68. The third-order valence-electron chi connectivity index (χ3n) is 4.56. The van der Waals surface area contributed by atoms with E-state index in [1.54, 1.807) is 0 Å². The molecule has 29 heavy (non-hydrogen) atoms. The van der Waals surface area contributed by atoms with Crippen LogP contribution in [0.3, 0.4) is 0 Å². The van der Waals surface area contributed by atoms with Gasteiger partial charge in [-0.15, -0.1) is 0 Å². The van der Waals surface area contributed by atoms with Crippen molar-refractivity contribution in [1.82, 2.24) is 30.2 Å². The van der Waals surface area contributed by atoms with Gasteiger partial charge in [-0.3, -0.25) is 24.2 Å². The van der Waals surface area contributed by atoms with Gasteiger partial charge < -0.3 is 25.9 Å². The Morgan fingerprint density at radius 2 is 2.10 bits per heavy atom. The third kappa shape index (κ3) is 4.45. The van der Waals surface area contributed by atoms with Crippen molar-refractivity contribution >= 4 is 33.7 Å². The molecule has 6 N–H and O–H groups in total. The van der Waals surface area contributed by atoms with E-state index in [1.165, 1.54) is 17.4 Å². The fourth-order valence-corrected chi connectivity index (χ4v) is 3.58. The van der Waals surface area contributed by atoms with Crippen molar-refractivity contribution in [3.05, 3.63) is 49.2 Å². The number of nitrogens with two attached hydrogens (primary N) is 1. The van der Waals surface area contributed by atoms with Crippen molar-refractivity contribution in [2.24, 2.45) is 5.73 Å². The Morgan fingerprint density at radius 3 is 2.76 bits per heavy atom. The van der Waals surface area contributed by atoms with E-state index in [0.29, 0.717) is 25.1 Å². The molecule has 1 saturated heterocycles. The zero-order valence-corrected chi connectivity index (χ0v) is 16.6. The number of hydrogen-bond acceptors (Lipinski definition) is 6. The first-order chi connectivity index (χ1) is 13.8. The van der Waals surface area contributed by atoms with E-state index in [2.05, 4.69) is 36.2 Å². The summed E-state index contributed by atoms with van der Waals surface area (Å²) >= 11 is 2.95. The molecule has 12 nitrogen and oxygen atoms in total. The van der Waals surface area contributed by atoms with Crippen LogP contribution < -0.4 is 22.3 Å². The molecule has 0 aromatic carbocycles. The molecule has 3 rings (SSSR count). The highest BCUT2D eigenvalue weighted by molar-refractivity contribution is 9.10. The summed E-state index contributed by atoms with van der Waals surface area (Å²) in [7, 11) is 0. The van der Waals surface area contributed by atoms with E-state index in [9.17, 15) is 24.0 Å². The molecule has 0 aliphatic carbocycles. The normalized spacial score (nSPS) is 17.1. The molecule has 2 aromatic heterocycles. The van der Waals surface area contributed by atoms with E-state index in [4.69, 9.17) is 5.73 Å². The van der Waals surface area contributed by atoms with Gasteiger partial charge in [0.2, 0.25) is 11.8 Å². The van der Waals surface area contributed by atoms with Crippen LogP contribution in [-0.2, 0) is 16.0 Å². The number of carbonyl (C=O) groups excluding carboxylic acids is 3. The van der Waals surface area contributed by atoms with E-state index < -0.39 is 41.1 Å². The number of H-pyrrole nitrogens is 3. The van der Waals surface area contributed by atoms with Gasteiger partial charge in [-0.25, -0.2) is 9.78 Å². The lowest BCUT2D eigenvalue weighted by atomic mass is 10.1. The van der Waals surface area contributed by atoms with E-state index >= 15 is 0 Å². The number of nitrogens with one attached hydrogen (secondary N) is 4. The summed E-state index contributed by atoms with van der Waals surface area (Å²) in [4.78, 5) is 72.9. The number of hydrogen-bond donors (Lipinski definition) is 5. The molecule has 3 amide bonds. The van der Waals surface area contributed by atoms with E-state index in [0.717, 1.165) is 0 Å². The third-order valence-corrected chi connectivity index (χ3v) is 5.31. The van der Waals surface area contributed by atoms with Gasteiger partial charge in [-0.2, -0.15) is 0 Å². The van der Waals surface area contributed by atoms with Crippen LogP contribution >= 0.6 is 15.9 Å². The quantitative estimate of drug-likeness (QED) is 0.338. The monoisotopic (exact) mass is 467 g/mol. The lowest BCUT2D eigenvalue weighted by Gasteiger charge is -2.27. The number of nitrogens with zero attached hydrogens (tertiary/aromatic N) is 2. The standard InChI is InChI=1S/C16H18BrN7O5/c17-10-11(22-16(29)23-13(10)26)14(27)21-8(4-7-5-19-6-20-7)15(28)24-3-1-2-9(24)12(18)25/h5-6,8-9H,1-4H2,(H2,18,25)(H,19,20)(H,21,27)(H2,22,23,26,29)/t8-,9+/m0/s1. The number of amides is 3. The highest BCUT2D eigenvalue weighted by Crippen LogP contribution is 2.19. The van der Waals surface area contributed by atoms with Crippen LogP contribution in [0, 0.1) is 0 Å². The molecule has 2 atom stereocenters. The average Bonchev–Trinajstić information content (AvgIpc) is 3.35. The van der Waals surface area contributed by atoms with Crippen LogP contribution in [0.1, 0.15) is 29.0 Å². The summed E-state index contributed by atoms with van der Waals surface area (Å²) < 4.78 is -0.182. The smallest absolute Gasteiger partial charge is 0.326 e. The number of likely N-dealkylation sites (tertiary alicyclic amines) is 1. The van der Waals surface area contributed by atoms with Gasteiger partial charge in [0, 0.05) is 24.9 Å². The minimum Gasteiger partial charge on any atom is -0.368 e. The number of aromatic nitrogens is 4. The number of primary amides is 1. The van der Waals surface area contributed by atoms with Crippen LogP contribution in [0.25, 0.3) is 0 Å². The molecule has 1 aliphatic heterocycles. The Labute approximate surface area is 171 Å². The Kier molecular flexibility index (Phi) is 5.96. The molecule has 1 aliphatic rings. The molecule has 0 bridgehead atoms.